The van der Waals surface area contributed by atoms with Crippen LogP contribution in [0.3, 0.4) is 0 Å². The molecular weight excluding hydrogens is 236 g/mol. The molecule has 3 nitrogen and oxygen atoms in total. The molecule has 0 unspecified atom stereocenters. The summed E-state index contributed by atoms with van der Waals surface area (Å²) in [4.78, 5) is 12.0. The van der Waals surface area contributed by atoms with E-state index in [0.717, 1.165) is 10.9 Å². The van der Waals surface area contributed by atoms with Crippen LogP contribution in [0.5, 0.6) is 0 Å². The van der Waals surface area contributed by atoms with Gasteiger partial charge in [0.05, 0.1) is 0 Å². The van der Waals surface area contributed by atoms with E-state index in [-0.39, 0.29) is 11.9 Å². The summed E-state index contributed by atoms with van der Waals surface area (Å²) < 4.78 is 1.86. The summed E-state index contributed by atoms with van der Waals surface area (Å²) in [5, 5.41) is 4.58. The number of halogens is 1. The number of amides is 1. The molecule has 0 aliphatic rings. The zero-order valence-corrected chi connectivity index (χ0v) is 10.9. The van der Waals surface area contributed by atoms with Crippen molar-refractivity contribution in [3.8, 4) is 0 Å². The van der Waals surface area contributed by atoms with Crippen LogP contribution in [0.4, 0.5) is 0 Å². The second-order valence-electron chi connectivity index (χ2n) is 4.42. The first-order valence-electron chi connectivity index (χ1n) is 5.55. The molecule has 0 aliphatic carbocycles. The van der Waals surface area contributed by atoms with Crippen molar-refractivity contribution in [3.05, 3.63) is 35.0 Å². The second kappa shape index (κ2) is 4.41. The second-order valence-corrected chi connectivity index (χ2v) is 4.86. The highest BCUT2D eigenvalue weighted by molar-refractivity contribution is 6.31. The van der Waals surface area contributed by atoms with Crippen LogP contribution in [0.1, 0.15) is 24.3 Å². The molecule has 4 heteroatoms. The maximum atomic E-state index is 12.0. The Bertz CT molecular complexity index is 572. The molecule has 0 spiro atoms. The molecule has 0 fully saturated rings. The predicted octanol–water partition coefficient (Wildman–Crippen LogP) is 2.97. The predicted molar refractivity (Wildman–Crippen MR) is 70.5 cm³/mol. The van der Waals surface area contributed by atoms with E-state index in [0.29, 0.717) is 10.7 Å². The average molecular weight is 251 g/mol. The summed E-state index contributed by atoms with van der Waals surface area (Å²) >= 11 is 5.95. The number of nitrogens with zero attached hydrogens (tertiary/aromatic N) is 1. The minimum Gasteiger partial charge on any atom is -0.349 e. The summed E-state index contributed by atoms with van der Waals surface area (Å²) in [7, 11) is 1.87. The van der Waals surface area contributed by atoms with E-state index in [1.807, 2.05) is 49.7 Å². The van der Waals surface area contributed by atoms with Gasteiger partial charge in [-0.3, -0.25) is 4.79 Å². The molecule has 1 heterocycles. The van der Waals surface area contributed by atoms with Crippen LogP contribution in [0, 0.1) is 0 Å². The van der Waals surface area contributed by atoms with Crippen molar-refractivity contribution in [2.24, 2.45) is 7.05 Å². The molecule has 0 aliphatic heterocycles. The summed E-state index contributed by atoms with van der Waals surface area (Å²) in [6.45, 7) is 3.88. The first-order chi connectivity index (χ1) is 7.99. The van der Waals surface area contributed by atoms with Gasteiger partial charge in [0.25, 0.3) is 5.91 Å². The highest BCUT2D eigenvalue weighted by Crippen LogP contribution is 2.22. The maximum Gasteiger partial charge on any atom is 0.268 e. The minimum atomic E-state index is -0.0603. The van der Waals surface area contributed by atoms with Gasteiger partial charge in [-0.2, -0.15) is 0 Å². The van der Waals surface area contributed by atoms with E-state index in [4.69, 9.17) is 11.6 Å². The number of benzene rings is 1. The van der Waals surface area contributed by atoms with Gasteiger partial charge in [-0.15, -0.1) is 0 Å². The van der Waals surface area contributed by atoms with Crippen molar-refractivity contribution < 1.29 is 4.79 Å². The number of fused-ring (bicyclic) bond motifs is 1. The zero-order valence-electron chi connectivity index (χ0n) is 10.1. The van der Waals surface area contributed by atoms with Crippen molar-refractivity contribution in [2.45, 2.75) is 19.9 Å². The van der Waals surface area contributed by atoms with Crippen molar-refractivity contribution in [1.82, 2.24) is 9.88 Å². The summed E-state index contributed by atoms with van der Waals surface area (Å²) in [5.74, 6) is -0.0603. The molecule has 0 saturated carbocycles. The van der Waals surface area contributed by atoms with Gasteiger partial charge in [-0.1, -0.05) is 17.7 Å². The van der Waals surface area contributed by atoms with Gasteiger partial charge in [0.2, 0.25) is 0 Å². The molecule has 1 N–H and O–H groups in total. The highest BCUT2D eigenvalue weighted by atomic mass is 35.5. The number of hydrogen-bond acceptors (Lipinski definition) is 1. The zero-order chi connectivity index (χ0) is 12.6. The van der Waals surface area contributed by atoms with Crippen LogP contribution >= 0.6 is 11.6 Å². The van der Waals surface area contributed by atoms with Crippen LogP contribution in [0.25, 0.3) is 10.9 Å². The molecule has 2 aromatic rings. The standard InChI is InChI=1S/C13H15ClN2O/c1-8(2)15-13(17)12-6-9-4-5-10(14)7-11(9)16(12)3/h4-8H,1-3H3,(H,15,17). The Morgan fingerprint density at radius 1 is 1.35 bits per heavy atom. The lowest BCUT2D eigenvalue weighted by molar-refractivity contribution is 0.0935. The van der Waals surface area contributed by atoms with Gasteiger partial charge in [0.1, 0.15) is 5.69 Å². The lowest BCUT2D eigenvalue weighted by Gasteiger charge is -2.08. The van der Waals surface area contributed by atoms with Crippen molar-refractivity contribution in [1.29, 1.82) is 0 Å². The van der Waals surface area contributed by atoms with Crippen molar-refractivity contribution in [3.63, 3.8) is 0 Å². The fourth-order valence-electron chi connectivity index (χ4n) is 1.86. The van der Waals surface area contributed by atoms with Crippen LogP contribution in [0.2, 0.25) is 5.02 Å². The van der Waals surface area contributed by atoms with Gasteiger partial charge in [-0.05, 0) is 32.0 Å². The average Bonchev–Trinajstić information content (AvgIpc) is 2.55. The molecule has 0 saturated heterocycles. The molecule has 1 aromatic heterocycles. The first-order valence-corrected chi connectivity index (χ1v) is 5.92. The third-order valence-corrected chi connectivity index (χ3v) is 2.89. The molecule has 0 atom stereocenters. The minimum absolute atomic E-state index is 0.0603. The van der Waals surface area contributed by atoms with E-state index in [9.17, 15) is 4.79 Å². The molecule has 1 amide bonds. The molecular formula is C13H15ClN2O. The Hall–Kier alpha value is -1.48. The third-order valence-electron chi connectivity index (χ3n) is 2.66. The third kappa shape index (κ3) is 2.29. The summed E-state index contributed by atoms with van der Waals surface area (Å²) in [5.41, 5.74) is 1.61. The Balaban J connectivity index is 2.49. The topological polar surface area (TPSA) is 34.0 Å². The molecule has 0 bridgehead atoms. The van der Waals surface area contributed by atoms with Crippen LogP contribution in [0.15, 0.2) is 24.3 Å². The molecule has 1 aromatic carbocycles. The quantitative estimate of drug-likeness (QED) is 0.874. The van der Waals surface area contributed by atoms with E-state index < -0.39 is 0 Å². The monoisotopic (exact) mass is 250 g/mol. The van der Waals surface area contributed by atoms with Gasteiger partial charge in [0.15, 0.2) is 0 Å². The number of carbonyl (C=O) groups is 1. The number of aromatic nitrogens is 1. The Morgan fingerprint density at radius 2 is 2.06 bits per heavy atom. The lowest BCUT2D eigenvalue weighted by atomic mass is 10.2. The summed E-state index contributed by atoms with van der Waals surface area (Å²) in [6, 6.07) is 7.62. The van der Waals surface area contributed by atoms with Crippen LogP contribution < -0.4 is 5.32 Å². The van der Waals surface area contributed by atoms with Crippen LogP contribution in [-0.4, -0.2) is 16.5 Å². The number of aryl methyl sites for hydroxylation is 1. The summed E-state index contributed by atoms with van der Waals surface area (Å²) in [6.07, 6.45) is 0. The highest BCUT2D eigenvalue weighted by Gasteiger charge is 2.13. The lowest BCUT2D eigenvalue weighted by Crippen LogP contribution is -2.31. The first kappa shape index (κ1) is 12.0. The van der Waals surface area contributed by atoms with E-state index in [1.165, 1.54) is 0 Å². The van der Waals surface area contributed by atoms with E-state index in [1.54, 1.807) is 0 Å². The molecule has 17 heavy (non-hydrogen) atoms. The fourth-order valence-corrected chi connectivity index (χ4v) is 2.02. The van der Waals surface area contributed by atoms with Gasteiger partial charge in [0, 0.05) is 29.0 Å². The molecule has 2 rings (SSSR count). The Labute approximate surface area is 105 Å². The van der Waals surface area contributed by atoms with Gasteiger partial charge in [-0.25, -0.2) is 0 Å². The SMILES string of the molecule is CC(C)NC(=O)c1cc2ccc(Cl)cc2n1C. The van der Waals surface area contributed by atoms with Gasteiger partial charge < -0.3 is 9.88 Å². The van der Waals surface area contributed by atoms with Gasteiger partial charge >= 0.3 is 0 Å². The normalized spacial score (nSPS) is 11.1. The number of carbonyl (C=O) groups excluding carboxylic acids is 1. The van der Waals surface area contributed by atoms with Crippen molar-refractivity contribution >= 4 is 28.4 Å². The molecule has 0 radical (unpaired) electrons. The molecule has 90 valence electrons. The number of nitrogens with one attached hydrogen (secondary N) is 1. The largest absolute Gasteiger partial charge is 0.349 e. The van der Waals surface area contributed by atoms with E-state index >= 15 is 0 Å². The Kier molecular flexibility index (Phi) is 3.11. The Morgan fingerprint density at radius 3 is 2.71 bits per heavy atom. The smallest absolute Gasteiger partial charge is 0.268 e. The van der Waals surface area contributed by atoms with Crippen LogP contribution in [-0.2, 0) is 7.05 Å². The van der Waals surface area contributed by atoms with E-state index in [2.05, 4.69) is 5.32 Å². The maximum absolute atomic E-state index is 12.0. The number of rotatable bonds is 2. The fraction of sp³-hybridized carbons (Fsp3) is 0.308. The number of hydrogen-bond donors (Lipinski definition) is 1. The van der Waals surface area contributed by atoms with Crippen molar-refractivity contribution in [2.75, 3.05) is 0 Å².